The largest absolute Gasteiger partial charge is 0.349 e. The van der Waals surface area contributed by atoms with Gasteiger partial charge in [-0.15, -0.1) is 0 Å². The van der Waals surface area contributed by atoms with E-state index in [1.165, 1.54) is 11.1 Å². The third-order valence-electron chi connectivity index (χ3n) is 6.31. The van der Waals surface area contributed by atoms with Gasteiger partial charge in [0, 0.05) is 19.0 Å². The molecular weight excluding hydrogens is 408 g/mol. The van der Waals surface area contributed by atoms with Crippen LogP contribution >= 0.6 is 0 Å². The van der Waals surface area contributed by atoms with Gasteiger partial charge in [0.05, 0.1) is 11.8 Å². The number of amides is 1. The molecule has 1 atom stereocenters. The zero-order valence-electron chi connectivity index (χ0n) is 19.0. The third-order valence-corrected chi connectivity index (χ3v) is 8.16. The number of carbonyl (C=O) groups is 1. The van der Waals surface area contributed by atoms with E-state index >= 15 is 0 Å². The summed E-state index contributed by atoms with van der Waals surface area (Å²) in [6, 6.07) is 13.9. The van der Waals surface area contributed by atoms with Crippen molar-refractivity contribution in [3.05, 3.63) is 70.3 Å². The maximum Gasteiger partial charge on any atom is 0.223 e. The Bertz CT molecular complexity index is 1020. The molecule has 168 valence electrons. The highest BCUT2D eigenvalue weighted by molar-refractivity contribution is 7.88. The van der Waals surface area contributed by atoms with Crippen molar-refractivity contribution in [1.82, 2.24) is 9.62 Å². The van der Waals surface area contributed by atoms with Crippen molar-refractivity contribution in [3.8, 4) is 0 Å². The maximum atomic E-state index is 12.9. The molecule has 1 aliphatic rings. The molecule has 0 radical (unpaired) electrons. The number of nitrogens with zero attached hydrogens (tertiary/aromatic N) is 1. The molecule has 0 spiro atoms. The molecule has 0 saturated carbocycles. The predicted molar refractivity (Wildman–Crippen MR) is 125 cm³/mol. The Morgan fingerprint density at radius 3 is 2.39 bits per heavy atom. The van der Waals surface area contributed by atoms with Gasteiger partial charge < -0.3 is 5.32 Å². The van der Waals surface area contributed by atoms with Gasteiger partial charge in [0.15, 0.2) is 0 Å². The predicted octanol–water partition coefficient (Wildman–Crippen LogP) is 4.42. The van der Waals surface area contributed by atoms with Crippen LogP contribution in [0.3, 0.4) is 0 Å². The van der Waals surface area contributed by atoms with Crippen LogP contribution < -0.4 is 5.32 Å². The normalized spacial score (nSPS) is 16.8. The first-order chi connectivity index (χ1) is 14.7. The van der Waals surface area contributed by atoms with Crippen LogP contribution in [0.5, 0.6) is 0 Å². The Hall–Kier alpha value is -2.18. The van der Waals surface area contributed by atoms with Crippen molar-refractivity contribution in [3.63, 3.8) is 0 Å². The van der Waals surface area contributed by atoms with E-state index in [1.54, 1.807) is 4.31 Å². The second kappa shape index (κ2) is 9.96. The Balaban J connectivity index is 1.58. The van der Waals surface area contributed by atoms with Crippen molar-refractivity contribution in [1.29, 1.82) is 0 Å². The molecule has 0 aromatic heterocycles. The topological polar surface area (TPSA) is 66.5 Å². The molecule has 2 aromatic rings. The lowest BCUT2D eigenvalue weighted by Gasteiger charge is -2.31. The van der Waals surface area contributed by atoms with Crippen LogP contribution in [0, 0.1) is 26.7 Å². The van der Waals surface area contributed by atoms with Gasteiger partial charge in [-0.1, -0.05) is 55.0 Å². The van der Waals surface area contributed by atoms with E-state index in [0.717, 1.165) is 23.1 Å². The fourth-order valence-electron chi connectivity index (χ4n) is 4.19. The minimum atomic E-state index is -3.38. The van der Waals surface area contributed by atoms with Gasteiger partial charge in [-0.2, -0.15) is 0 Å². The van der Waals surface area contributed by atoms with Crippen LogP contribution in [-0.2, 0) is 20.6 Å². The van der Waals surface area contributed by atoms with Gasteiger partial charge in [-0.25, -0.2) is 12.7 Å². The molecule has 0 unspecified atom stereocenters. The SMILES string of the molecule is CC[C@H](NC(=O)C1CCN(S(=O)(=O)Cc2cccc(C)c2)CC1)c1ccc(C)c(C)c1. The van der Waals surface area contributed by atoms with Crippen molar-refractivity contribution in [2.75, 3.05) is 13.1 Å². The summed E-state index contributed by atoms with van der Waals surface area (Å²) < 4.78 is 27.2. The molecule has 5 nitrogen and oxygen atoms in total. The highest BCUT2D eigenvalue weighted by Gasteiger charge is 2.32. The monoisotopic (exact) mass is 442 g/mol. The summed E-state index contributed by atoms with van der Waals surface area (Å²) in [4.78, 5) is 12.9. The Kier molecular flexibility index (Phi) is 7.55. The number of hydrogen-bond acceptors (Lipinski definition) is 3. The Labute approximate surface area is 186 Å². The summed E-state index contributed by atoms with van der Waals surface area (Å²) in [6.07, 6.45) is 1.93. The molecule has 1 N–H and O–H groups in total. The molecule has 1 amide bonds. The second-order valence-corrected chi connectivity index (χ2v) is 10.7. The molecule has 0 aliphatic carbocycles. The number of hydrogen-bond donors (Lipinski definition) is 1. The number of piperidine rings is 1. The van der Waals surface area contributed by atoms with E-state index in [-0.39, 0.29) is 23.6 Å². The minimum Gasteiger partial charge on any atom is -0.349 e. The van der Waals surface area contributed by atoms with Gasteiger partial charge >= 0.3 is 0 Å². The molecule has 3 rings (SSSR count). The zero-order chi connectivity index (χ0) is 22.6. The van der Waals surface area contributed by atoms with E-state index in [2.05, 4.69) is 44.3 Å². The summed E-state index contributed by atoms with van der Waals surface area (Å²) in [7, 11) is -3.38. The second-order valence-electron chi connectivity index (χ2n) is 8.73. The average Bonchev–Trinajstić information content (AvgIpc) is 2.73. The van der Waals surface area contributed by atoms with E-state index in [1.807, 2.05) is 31.2 Å². The van der Waals surface area contributed by atoms with E-state index in [9.17, 15) is 13.2 Å². The van der Waals surface area contributed by atoms with Gasteiger partial charge in [0.1, 0.15) is 0 Å². The lowest BCUT2D eigenvalue weighted by molar-refractivity contribution is -0.126. The molecule has 6 heteroatoms. The molecular formula is C25H34N2O3S. The number of sulfonamides is 1. The standard InChI is InChI=1S/C25H34N2O3S/c1-5-24(23-10-9-19(3)20(4)16-23)26-25(28)22-11-13-27(14-12-22)31(29,30)17-21-8-6-7-18(2)15-21/h6-10,15-16,22,24H,5,11-14,17H2,1-4H3,(H,26,28)/t24-/m0/s1. The van der Waals surface area contributed by atoms with Crippen molar-refractivity contribution in [2.24, 2.45) is 5.92 Å². The number of carbonyl (C=O) groups excluding carboxylic acids is 1. The van der Waals surface area contributed by atoms with Crippen LogP contribution in [0.1, 0.15) is 60.0 Å². The van der Waals surface area contributed by atoms with E-state index in [0.29, 0.717) is 25.9 Å². The minimum absolute atomic E-state index is 0.0101. The van der Waals surface area contributed by atoms with E-state index in [4.69, 9.17) is 0 Å². The quantitative estimate of drug-likeness (QED) is 0.690. The first-order valence-electron chi connectivity index (χ1n) is 11.1. The Morgan fingerprint density at radius 1 is 1.06 bits per heavy atom. The van der Waals surface area contributed by atoms with Gasteiger partial charge in [0.25, 0.3) is 0 Å². The smallest absolute Gasteiger partial charge is 0.223 e. The molecule has 1 aliphatic heterocycles. The van der Waals surface area contributed by atoms with Crippen LogP contribution in [0.4, 0.5) is 0 Å². The van der Waals surface area contributed by atoms with E-state index < -0.39 is 10.0 Å². The maximum absolute atomic E-state index is 12.9. The summed E-state index contributed by atoms with van der Waals surface area (Å²) in [5.41, 5.74) is 5.44. The summed E-state index contributed by atoms with van der Waals surface area (Å²) in [6.45, 7) is 8.99. The van der Waals surface area contributed by atoms with Crippen molar-refractivity contribution >= 4 is 15.9 Å². The van der Waals surface area contributed by atoms with Gasteiger partial charge in [-0.3, -0.25) is 4.79 Å². The summed E-state index contributed by atoms with van der Waals surface area (Å²) in [5, 5.41) is 3.19. The number of nitrogens with one attached hydrogen (secondary N) is 1. The van der Waals surface area contributed by atoms with Gasteiger partial charge in [-0.05, 0) is 62.3 Å². The first kappa shape index (κ1) is 23.5. The highest BCUT2D eigenvalue weighted by Crippen LogP contribution is 2.25. The lowest BCUT2D eigenvalue weighted by atomic mass is 9.95. The number of aryl methyl sites for hydroxylation is 3. The Morgan fingerprint density at radius 2 is 1.77 bits per heavy atom. The molecule has 1 fully saturated rings. The van der Waals surface area contributed by atoms with Crippen molar-refractivity contribution < 1.29 is 13.2 Å². The molecule has 0 bridgehead atoms. The lowest BCUT2D eigenvalue weighted by Crippen LogP contribution is -2.44. The van der Waals surface area contributed by atoms with Gasteiger partial charge in [0.2, 0.25) is 15.9 Å². The molecule has 31 heavy (non-hydrogen) atoms. The molecule has 1 saturated heterocycles. The van der Waals surface area contributed by atoms with Crippen LogP contribution in [-0.4, -0.2) is 31.7 Å². The summed E-state index contributed by atoms with van der Waals surface area (Å²) >= 11 is 0. The fourth-order valence-corrected chi connectivity index (χ4v) is 5.74. The van der Waals surface area contributed by atoms with Crippen molar-refractivity contribution in [2.45, 2.75) is 58.8 Å². The fraction of sp³-hybridized carbons (Fsp3) is 0.480. The zero-order valence-corrected chi connectivity index (χ0v) is 19.8. The van der Waals surface area contributed by atoms with Crippen LogP contribution in [0.25, 0.3) is 0 Å². The van der Waals surface area contributed by atoms with Crippen LogP contribution in [0.2, 0.25) is 0 Å². The highest BCUT2D eigenvalue weighted by atomic mass is 32.2. The molecule has 1 heterocycles. The van der Waals surface area contributed by atoms with Crippen LogP contribution in [0.15, 0.2) is 42.5 Å². The third kappa shape index (κ3) is 5.95. The average molecular weight is 443 g/mol. The molecule has 2 aromatic carbocycles. The number of benzene rings is 2. The number of rotatable bonds is 7. The first-order valence-corrected chi connectivity index (χ1v) is 12.7. The summed E-state index contributed by atoms with van der Waals surface area (Å²) in [5.74, 6) is -0.109.